The van der Waals surface area contributed by atoms with Crippen molar-refractivity contribution >= 4 is 11.9 Å². The minimum Gasteiger partial charge on any atom is -0.480 e. The maximum absolute atomic E-state index is 12.0. The third-order valence-corrected chi connectivity index (χ3v) is 2.60. The summed E-state index contributed by atoms with van der Waals surface area (Å²) in [6.07, 6.45) is -1.18. The lowest BCUT2D eigenvalue weighted by molar-refractivity contribution is -0.141. The molecular formula is C13H17NO5. The largest absolute Gasteiger partial charge is 0.480 e. The zero-order chi connectivity index (χ0) is 14.4. The quantitative estimate of drug-likeness (QED) is 0.693. The SMILES string of the molecule is COCc1ccccc1C(=O)N[C@H](C(=O)O)[C@@H](C)O. The summed E-state index contributed by atoms with van der Waals surface area (Å²) in [4.78, 5) is 22.9. The standard InChI is InChI=1S/C13H17NO5/c1-8(15)11(13(17)18)14-12(16)10-6-4-3-5-9(10)7-19-2/h3-6,8,11,15H,7H2,1-2H3,(H,14,16)(H,17,18)/t8-,11+/m1/s1. The zero-order valence-corrected chi connectivity index (χ0v) is 10.8. The zero-order valence-electron chi connectivity index (χ0n) is 10.8. The summed E-state index contributed by atoms with van der Waals surface area (Å²) in [6, 6.07) is 5.38. The van der Waals surface area contributed by atoms with Gasteiger partial charge < -0.3 is 20.3 Å². The van der Waals surface area contributed by atoms with E-state index in [2.05, 4.69) is 5.32 Å². The second kappa shape index (κ2) is 6.86. The summed E-state index contributed by atoms with van der Waals surface area (Å²) in [7, 11) is 1.50. The second-order valence-corrected chi connectivity index (χ2v) is 4.12. The predicted octanol–water partition coefficient (Wildman–Crippen LogP) is 0.397. The molecule has 6 nitrogen and oxygen atoms in total. The van der Waals surface area contributed by atoms with Crippen molar-refractivity contribution in [2.45, 2.75) is 25.7 Å². The summed E-state index contributed by atoms with van der Waals surface area (Å²) in [5, 5.41) is 20.5. The lowest BCUT2D eigenvalue weighted by Crippen LogP contribution is -2.47. The molecule has 0 heterocycles. The van der Waals surface area contributed by atoms with Gasteiger partial charge in [0, 0.05) is 12.7 Å². The van der Waals surface area contributed by atoms with Crippen molar-refractivity contribution in [3.8, 4) is 0 Å². The number of carbonyl (C=O) groups excluding carboxylic acids is 1. The number of aliphatic carboxylic acids is 1. The van der Waals surface area contributed by atoms with Gasteiger partial charge in [-0.05, 0) is 18.6 Å². The van der Waals surface area contributed by atoms with Crippen LogP contribution >= 0.6 is 0 Å². The number of carboxylic acids is 1. The number of carboxylic acid groups (broad SMARTS) is 1. The highest BCUT2D eigenvalue weighted by atomic mass is 16.5. The fourth-order valence-electron chi connectivity index (χ4n) is 1.63. The van der Waals surface area contributed by atoms with E-state index in [1.165, 1.54) is 14.0 Å². The molecule has 0 fully saturated rings. The Morgan fingerprint density at radius 3 is 2.53 bits per heavy atom. The maximum Gasteiger partial charge on any atom is 0.328 e. The molecule has 0 unspecified atom stereocenters. The van der Waals surface area contributed by atoms with Crippen molar-refractivity contribution in [3.63, 3.8) is 0 Å². The normalized spacial score (nSPS) is 13.6. The smallest absolute Gasteiger partial charge is 0.328 e. The first-order valence-electron chi connectivity index (χ1n) is 5.76. The predicted molar refractivity (Wildman–Crippen MR) is 67.7 cm³/mol. The van der Waals surface area contributed by atoms with Crippen LogP contribution < -0.4 is 5.32 Å². The number of aliphatic hydroxyl groups excluding tert-OH is 1. The average molecular weight is 267 g/mol. The van der Waals surface area contributed by atoms with Gasteiger partial charge in [0.15, 0.2) is 6.04 Å². The number of benzene rings is 1. The molecule has 1 rings (SSSR count). The van der Waals surface area contributed by atoms with Gasteiger partial charge >= 0.3 is 5.97 Å². The van der Waals surface area contributed by atoms with Crippen LogP contribution in [-0.2, 0) is 16.1 Å². The Balaban J connectivity index is 2.91. The highest BCUT2D eigenvalue weighted by Crippen LogP contribution is 2.10. The van der Waals surface area contributed by atoms with Crippen LogP contribution in [-0.4, -0.2) is 41.3 Å². The molecule has 0 saturated heterocycles. The number of rotatable bonds is 6. The summed E-state index contributed by atoms with van der Waals surface area (Å²) >= 11 is 0. The van der Waals surface area contributed by atoms with Gasteiger partial charge in [-0.2, -0.15) is 0 Å². The average Bonchev–Trinajstić information content (AvgIpc) is 2.36. The van der Waals surface area contributed by atoms with E-state index in [0.29, 0.717) is 11.1 Å². The van der Waals surface area contributed by atoms with Crippen molar-refractivity contribution < 1.29 is 24.5 Å². The molecule has 1 aromatic rings. The fourth-order valence-corrected chi connectivity index (χ4v) is 1.63. The molecule has 3 N–H and O–H groups in total. The van der Waals surface area contributed by atoms with Gasteiger partial charge in [0.1, 0.15) is 0 Å². The summed E-state index contributed by atoms with van der Waals surface area (Å²) in [5.74, 6) is -1.84. The molecule has 0 aliphatic carbocycles. The van der Waals surface area contributed by atoms with Crippen LogP contribution in [0, 0.1) is 0 Å². The molecule has 1 amide bonds. The Kier molecular flexibility index (Phi) is 5.47. The van der Waals surface area contributed by atoms with E-state index < -0.39 is 24.0 Å². The molecule has 0 saturated carbocycles. The van der Waals surface area contributed by atoms with Crippen LogP contribution in [0.3, 0.4) is 0 Å². The van der Waals surface area contributed by atoms with E-state index in [1.807, 2.05) is 0 Å². The molecule has 1 aromatic carbocycles. The number of carbonyl (C=O) groups is 2. The minimum atomic E-state index is -1.34. The number of aliphatic hydroxyl groups is 1. The lowest BCUT2D eigenvalue weighted by Gasteiger charge is -2.18. The first kappa shape index (κ1) is 15.1. The Hall–Kier alpha value is -1.92. The van der Waals surface area contributed by atoms with Crippen LogP contribution in [0.5, 0.6) is 0 Å². The van der Waals surface area contributed by atoms with Crippen LogP contribution in [0.1, 0.15) is 22.8 Å². The van der Waals surface area contributed by atoms with Gasteiger partial charge in [-0.25, -0.2) is 4.79 Å². The van der Waals surface area contributed by atoms with Crippen molar-refractivity contribution in [3.05, 3.63) is 35.4 Å². The van der Waals surface area contributed by atoms with Crippen LogP contribution in [0.2, 0.25) is 0 Å². The monoisotopic (exact) mass is 267 g/mol. The van der Waals surface area contributed by atoms with Crippen molar-refractivity contribution in [2.24, 2.45) is 0 Å². The van der Waals surface area contributed by atoms with Gasteiger partial charge in [0.05, 0.1) is 12.7 Å². The van der Waals surface area contributed by atoms with Gasteiger partial charge in [-0.1, -0.05) is 18.2 Å². The number of nitrogens with one attached hydrogen (secondary N) is 1. The number of amides is 1. The molecule has 0 radical (unpaired) electrons. The second-order valence-electron chi connectivity index (χ2n) is 4.12. The van der Waals surface area contributed by atoms with Gasteiger partial charge in [0.25, 0.3) is 5.91 Å². The summed E-state index contributed by atoms with van der Waals surface area (Å²) in [5.41, 5.74) is 0.980. The minimum absolute atomic E-state index is 0.246. The van der Waals surface area contributed by atoms with E-state index in [1.54, 1.807) is 24.3 Å². The Labute approximate surface area is 111 Å². The molecule has 0 spiro atoms. The first-order chi connectivity index (χ1) is 8.97. The molecule has 0 aliphatic rings. The number of hydrogen-bond donors (Lipinski definition) is 3. The Bertz CT molecular complexity index is 458. The molecule has 0 bridgehead atoms. The van der Waals surface area contributed by atoms with Gasteiger partial charge in [-0.15, -0.1) is 0 Å². The molecule has 0 aliphatic heterocycles. The van der Waals surface area contributed by atoms with Crippen molar-refractivity contribution in [1.82, 2.24) is 5.32 Å². The molecule has 0 aromatic heterocycles. The Morgan fingerprint density at radius 1 is 1.37 bits per heavy atom. The number of ether oxygens (including phenoxy) is 1. The third kappa shape index (κ3) is 4.04. The fraction of sp³-hybridized carbons (Fsp3) is 0.385. The maximum atomic E-state index is 12.0. The third-order valence-electron chi connectivity index (χ3n) is 2.60. The van der Waals surface area contributed by atoms with E-state index in [4.69, 9.17) is 9.84 Å². The molecule has 2 atom stereocenters. The van der Waals surface area contributed by atoms with Crippen molar-refractivity contribution in [1.29, 1.82) is 0 Å². The molecule has 104 valence electrons. The van der Waals surface area contributed by atoms with E-state index in [-0.39, 0.29) is 6.61 Å². The van der Waals surface area contributed by atoms with Crippen LogP contribution in [0.25, 0.3) is 0 Å². The van der Waals surface area contributed by atoms with Gasteiger partial charge in [-0.3, -0.25) is 4.79 Å². The first-order valence-corrected chi connectivity index (χ1v) is 5.76. The van der Waals surface area contributed by atoms with E-state index >= 15 is 0 Å². The number of hydrogen-bond acceptors (Lipinski definition) is 4. The number of methoxy groups -OCH3 is 1. The summed E-state index contributed by atoms with van der Waals surface area (Å²) < 4.78 is 4.97. The van der Waals surface area contributed by atoms with Crippen LogP contribution in [0.15, 0.2) is 24.3 Å². The van der Waals surface area contributed by atoms with E-state index in [0.717, 1.165) is 0 Å². The topological polar surface area (TPSA) is 95.9 Å². The molecule has 6 heteroatoms. The van der Waals surface area contributed by atoms with Gasteiger partial charge in [0.2, 0.25) is 0 Å². The van der Waals surface area contributed by atoms with E-state index in [9.17, 15) is 14.7 Å². The highest BCUT2D eigenvalue weighted by molar-refractivity contribution is 5.97. The summed E-state index contributed by atoms with van der Waals surface area (Å²) in [6.45, 7) is 1.55. The molecular weight excluding hydrogens is 250 g/mol. The Morgan fingerprint density at radius 2 is 2.00 bits per heavy atom. The van der Waals surface area contributed by atoms with Crippen LogP contribution in [0.4, 0.5) is 0 Å². The van der Waals surface area contributed by atoms with Crippen molar-refractivity contribution in [2.75, 3.05) is 7.11 Å². The lowest BCUT2D eigenvalue weighted by atomic mass is 10.1. The highest BCUT2D eigenvalue weighted by Gasteiger charge is 2.26. The molecule has 19 heavy (non-hydrogen) atoms.